The topological polar surface area (TPSA) is 96.3 Å². The second-order valence-electron chi connectivity index (χ2n) is 5.19. The van der Waals surface area contributed by atoms with Crippen LogP contribution >= 0.6 is 0 Å². The first kappa shape index (κ1) is 13.6. The van der Waals surface area contributed by atoms with Gasteiger partial charge in [0.1, 0.15) is 18.3 Å². The minimum Gasteiger partial charge on any atom is -0.356 e. The highest BCUT2D eigenvalue weighted by Crippen LogP contribution is 2.18. The summed E-state index contributed by atoms with van der Waals surface area (Å²) in [5, 5.41) is 5.37. The molecule has 8 heteroatoms. The number of imidazole rings is 1. The van der Waals surface area contributed by atoms with E-state index < -0.39 is 17.9 Å². The molecule has 3 amide bonds. The molecule has 0 bridgehead atoms. The molecule has 1 aromatic heterocycles. The number of piperazine rings is 1. The number of amides is 3. The van der Waals surface area contributed by atoms with Gasteiger partial charge in [0.2, 0.25) is 17.8 Å². The molecule has 2 N–H and O–H groups in total. The van der Waals surface area contributed by atoms with Gasteiger partial charge in [-0.15, -0.1) is 0 Å². The number of hydrogen-bond donors (Lipinski definition) is 2. The number of anilines is 1. The van der Waals surface area contributed by atoms with Crippen molar-refractivity contribution in [2.45, 2.75) is 32.4 Å². The normalized spacial score (nSPS) is 21.6. The first-order valence-electron chi connectivity index (χ1n) is 7.06. The average molecular weight is 291 g/mol. The lowest BCUT2D eigenvalue weighted by Crippen LogP contribution is -2.59. The molecule has 3 rings (SSSR count). The van der Waals surface area contributed by atoms with E-state index in [0.29, 0.717) is 12.4 Å². The fraction of sp³-hybridized carbons (Fsp3) is 0.538. The van der Waals surface area contributed by atoms with Crippen LogP contribution in [0.5, 0.6) is 0 Å². The van der Waals surface area contributed by atoms with Gasteiger partial charge in [-0.3, -0.25) is 19.7 Å². The molecular weight excluding hydrogens is 274 g/mol. The highest BCUT2D eigenvalue weighted by Gasteiger charge is 2.37. The number of carbonyl (C=O) groups excluding carboxylic acids is 3. The molecule has 0 aliphatic carbocycles. The maximum atomic E-state index is 12.6. The second-order valence-corrected chi connectivity index (χ2v) is 5.19. The third-order valence-electron chi connectivity index (χ3n) is 3.76. The van der Waals surface area contributed by atoms with Gasteiger partial charge >= 0.3 is 0 Å². The van der Waals surface area contributed by atoms with Crippen LogP contribution in [0.15, 0.2) is 6.20 Å². The van der Waals surface area contributed by atoms with Gasteiger partial charge < -0.3 is 14.8 Å². The van der Waals surface area contributed by atoms with E-state index in [1.807, 2.05) is 4.57 Å². The lowest BCUT2D eigenvalue weighted by molar-refractivity contribution is -0.138. The molecule has 0 radical (unpaired) electrons. The molecule has 1 unspecified atom stereocenters. The molecule has 0 spiro atoms. The number of nitrogens with zero attached hydrogens (tertiary/aromatic N) is 3. The summed E-state index contributed by atoms with van der Waals surface area (Å²) in [5.41, 5.74) is 0.264. The number of imide groups is 1. The number of carbonyl (C=O) groups is 3. The molecule has 1 atom stereocenters. The highest BCUT2D eigenvalue weighted by atomic mass is 16.2. The van der Waals surface area contributed by atoms with Crippen LogP contribution in [-0.2, 0) is 16.1 Å². The van der Waals surface area contributed by atoms with Crippen molar-refractivity contribution in [3.05, 3.63) is 11.9 Å². The van der Waals surface area contributed by atoms with E-state index in [1.54, 1.807) is 13.1 Å². The van der Waals surface area contributed by atoms with E-state index in [-0.39, 0.29) is 18.1 Å². The first-order chi connectivity index (χ1) is 10.1. The summed E-state index contributed by atoms with van der Waals surface area (Å²) in [4.78, 5) is 41.5. The Morgan fingerprint density at radius 3 is 3.00 bits per heavy atom. The van der Waals surface area contributed by atoms with Crippen LogP contribution in [0.2, 0.25) is 0 Å². The van der Waals surface area contributed by atoms with Gasteiger partial charge in [-0.25, -0.2) is 4.98 Å². The molecule has 1 fully saturated rings. The predicted molar refractivity (Wildman–Crippen MR) is 73.6 cm³/mol. The summed E-state index contributed by atoms with van der Waals surface area (Å²) < 4.78 is 1.88. The zero-order valence-corrected chi connectivity index (χ0v) is 11.8. The van der Waals surface area contributed by atoms with Crippen LogP contribution < -0.4 is 10.6 Å². The molecule has 0 saturated carbocycles. The summed E-state index contributed by atoms with van der Waals surface area (Å²) in [7, 11) is 0. The second kappa shape index (κ2) is 5.19. The monoisotopic (exact) mass is 291 g/mol. The summed E-state index contributed by atoms with van der Waals surface area (Å²) >= 11 is 0. The SMILES string of the molecule is CCC1C(=O)NC(=O)CN1C(=O)c1cn2c(n1)NCCC2. The van der Waals surface area contributed by atoms with E-state index >= 15 is 0 Å². The summed E-state index contributed by atoms with van der Waals surface area (Å²) in [6.45, 7) is 3.32. The minimum absolute atomic E-state index is 0.112. The number of nitrogens with one attached hydrogen (secondary N) is 2. The quantitative estimate of drug-likeness (QED) is 0.721. The van der Waals surface area contributed by atoms with E-state index in [0.717, 1.165) is 19.5 Å². The summed E-state index contributed by atoms with van der Waals surface area (Å²) in [5.74, 6) is -0.608. The molecule has 21 heavy (non-hydrogen) atoms. The Bertz CT molecular complexity index is 585. The Morgan fingerprint density at radius 2 is 2.29 bits per heavy atom. The molecule has 1 aromatic rings. The lowest BCUT2D eigenvalue weighted by Gasteiger charge is -2.32. The van der Waals surface area contributed by atoms with Crippen LogP contribution in [0, 0.1) is 0 Å². The van der Waals surface area contributed by atoms with Gasteiger partial charge in [0.25, 0.3) is 5.91 Å². The van der Waals surface area contributed by atoms with Crippen LogP contribution in [0.1, 0.15) is 30.3 Å². The van der Waals surface area contributed by atoms with Crippen LogP contribution in [0.4, 0.5) is 5.95 Å². The minimum atomic E-state index is -0.623. The van der Waals surface area contributed by atoms with Crippen LogP contribution in [0.25, 0.3) is 0 Å². The van der Waals surface area contributed by atoms with Crippen molar-refractivity contribution in [3.63, 3.8) is 0 Å². The van der Waals surface area contributed by atoms with Gasteiger partial charge in [-0.05, 0) is 12.8 Å². The van der Waals surface area contributed by atoms with Gasteiger partial charge in [0, 0.05) is 19.3 Å². The van der Waals surface area contributed by atoms with Crippen molar-refractivity contribution >= 4 is 23.7 Å². The zero-order chi connectivity index (χ0) is 15.0. The molecule has 8 nitrogen and oxygen atoms in total. The van der Waals surface area contributed by atoms with E-state index in [9.17, 15) is 14.4 Å². The Balaban J connectivity index is 1.87. The van der Waals surface area contributed by atoms with Crippen molar-refractivity contribution in [2.24, 2.45) is 0 Å². The maximum absolute atomic E-state index is 12.6. The molecule has 112 valence electrons. The fourth-order valence-corrected chi connectivity index (χ4v) is 2.71. The number of fused-ring (bicyclic) bond motifs is 1. The molecule has 2 aliphatic rings. The largest absolute Gasteiger partial charge is 0.356 e. The molecule has 1 saturated heterocycles. The molecule has 3 heterocycles. The van der Waals surface area contributed by atoms with Gasteiger partial charge in [-0.1, -0.05) is 6.92 Å². The predicted octanol–water partition coefficient (Wildman–Crippen LogP) is -0.424. The fourth-order valence-electron chi connectivity index (χ4n) is 2.71. The Kier molecular flexibility index (Phi) is 3.36. The Labute approximate surface area is 121 Å². The maximum Gasteiger partial charge on any atom is 0.275 e. The van der Waals surface area contributed by atoms with Gasteiger partial charge in [0.15, 0.2) is 0 Å². The van der Waals surface area contributed by atoms with Crippen molar-refractivity contribution in [1.82, 2.24) is 19.8 Å². The number of rotatable bonds is 2. The molecule has 2 aliphatic heterocycles. The van der Waals surface area contributed by atoms with Crippen LogP contribution in [-0.4, -0.2) is 51.3 Å². The number of aromatic nitrogens is 2. The van der Waals surface area contributed by atoms with Gasteiger partial charge in [-0.2, -0.15) is 0 Å². The standard InChI is InChI=1S/C13H17N5O3/c1-2-9-11(20)16-10(19)7-18(9)12(21)8-6-17-5-3-4-14-13(17)15-8/h6,9H,2-5,7H2,1H3,(H,14,15)(H,16,19,20). The summed E-state index contributed by atoms with van der Waals surface area (Å²) in [6.07, 6.45) is 3.10. The van der Waals surface area contributed by atoms with Gasteiger partial charge in [0.05, 0.1) is 0 Å². The van der Waals surface area contributed by atoms with Crippen molar-refractivity contribution in [2.75, 3.05) is 18.4 Å². The highest BCUT2D eigenvalue weighted by molar-refractivity contribution is 6.06. The lowest BCUT2D eigenvalue weighted by atomic mass is 10.1. The summed E-state index contributed by atoms with van der Waals surface area (Å²) in [6, 6.07) is -0.623. The Hall–Kier alpha value is -2.38. The van der Waals surface area contributed by atoms with Crippen molar-refractivity contribution in [1.29, 1.82) is 0 Å². The van der Waals surface area contributed by atoms with Crippen LogP contribution in [0.3, 0.4) is 0 Å². The van der Waals surface area contributed by atoms with E-state index in [4.69, 9.17) is 0 Å². The van der Waals surface area contributed by atoms with E-state index in [2.05, 4.69) is 15.6 Å². The molecular formula is C13H17N5O3. The first-order valence-corrected chi connectivity index (χ1v) is 7.06. The Morgan fingerprint density at radius 1 is 1.48 bits per heavy atom. The third-order valence-corrected chi connectivity index (χ3v) is 3.76. The number of aryl methyl sites for hydroxylation is 1. The smallest absolute Gasteiger partial charge is 0.275 e. The van der Waals surface area contributed by atoms with Crippen molar-refractivity contribution < 1.29 is 14.4 Å². The third kappa shape index (κ3) is 2.37. The van der Waals surface area contributed by atoms with Crippen molar-refractivity contribution in [3.8, 4) is 0 Å². The number of hydrogen-bond acceptors (Lipinski definition) is 5. The zero-order valence-electron chi connectivity index (χ0n) is 11.8. The average Bonchev–Trinajstić information content (AvgIpc) is 2.89. The molecule has 0 aromatic carbocycles. The van der Waals surface area contributed by atoms with E-state index in [1.165, 1.54) is 4.90 Å².